The maximum atomic E-state index is 13.0. The van der Waals surface area contributed by atoms with E-state index >= 15 is 0 Å². The molecule has 0 spiro atoms. The second-order valence-electron chi connectivity index (χ2n) is 8.67. The predicted molar refractivity (Wildman–Crippen MR) is 153 cm³/mol. The SMILES string of the molecule is CCOc1cc(/C=C2/SC(=O)N(CC(=O)Nc3ccc(C)cc3C)C2=O)cc(Br)c1OCc1ccccc1. The molecule has 3 amide bonds. The number of rotatable bonds is 9. The van der Waals surface area contributed by atoms with Crippen LogP contribution in [0.25, 0.3) is 6.08 Å². The summed E-state index contributed by atoms with van der Waals surface area (Å²) in [5.74, 6) is 0.0937. The molecule has 38 heavy (non-hydrogen) atoms. The number of halogens is 1. The fourth-order valence-corrected chi connectivity index (χ4v) is 5.29. The van der Waals surface area contributed by atoms with E-state index in [1.54, 1.807) is 24.3 Å². The second-order valence-corrected chi connectivity index (χ2v) is 10.5. The van der Waals surface area contributed by atoms with Gasteiger partial charge in [0.1, 0.15) is 13.2 Å². The van der Waals surface area contributed by atoms with Gasteiger partial charge in [-0.2, -0.15) is 0 Å². The van der Waals surface area contributed by atoms with Crippen molar-refractivity contribution in [3.05, 3.63) is 92.3 Å². The molecule has 4 rings (SSSR count). The molecule has 0 atom stereocenters. The van der Waals surface area contributed by atoms with Crippen LogP contribution in [0, 0.1) is 13.8 Å². The minimum Gasteiger partial charge on any atom is -0.490 e. The van der Waals surface area contributed by atoms with Crippen molar-refractivity contribution in [1.82, 2.24) is 4.90 Å². The summed E-state index contributed by atoms with van der Waals surface area (Å²) in [5.41, 5.74) is 4.29. The first kappa shape index (κ1) is 27.5. The minimum atomic E-state index is -0.519. The van der Waals surface area contributed by atoms with Crippen LogP contribution in [-0.4, -0.2) is 35.1 Å². The molecule has 7 nitrogen and oxygen atoms in total. The van der Waals surface area contributed by atoms with Gasteiger partial charge in [-0.05, 0) is 89.4 Å². The molecular weight excluding hydrogens is 568 g/mol. The van der Waals surface area contributed by atoms with E-state index in [1.807, 2.05) is 63.2 Å². The normalized spacial score (nSPS) is 14.2. The highest BCUT2D eigenvalue weighted by molar-refractivity contribution is 9.10. The van der Waals surface area contributed by atoms with E-state index in [1.165, 1.54) is 0 Å². The number of nitrogens with zero attached hydrogens (tertiary/aromatic N) is 1. The maximum absolute atomic E-state index is 13.0. The van der Waals surface area contributed by atoms with Gasteiger partial charge < -0.3 is 14.8 Å². The standard InChI is InChI=1S/C29H27BrN2O5S/c1-4-36-24-14-21(13-22(30)27(24)37-17-20-8-6-5-7-9-20)15-25-28(34)32(29(35)38-25)16-26(33)31-23-11-10-18(2)12-19(23)3/h5-15H,4,16-17H2,1-3H3,(H,31,33)/b25-15+. The Morgan fingerprint density at radius 1 is 1.05 bits per heavy atom. The van der Waals surface area contributed by atoms with Crippen molar-refractivity contribution >= 4 is 56.5 Å². The zero-order valence-electron chi connectivity index (χ0n) is 21.2. The van der Waals surface area contributed by atoms with Gasteiger partial charge in [0.15, 0.2) is 11.5 Å². The van der Waals surface area contributed by atoms with E-state index in [4.69, 9.17) is 9.47 Å². The largest absolute Gasteiger partial charge is 0.490 e. The Morgan fingerprint density at radius 3 is 2.53 bits per heavy atom. The third kappa shape index (κ3) is 6.65. The minimum absolute atomic E-state index is 0.224. The molecule has 1 saturated heterocycles. The van der Waals surface area contributed by atoms with Crippen LogP contribution >= 0.6 is 27.7 Å². The number of nitrogens with one attached hydrogen (secondary N) is 1. The van der Waals surface area contributed by atoms with E-state index in [2.05, 4.69) is 21.2 Å². The van der Waals surface area contributed by atoms with Gasteiger partial charge in [-0.25, -0.2) is 0 Å². The topological polar surface area (TPSA) is 84.9 Å². The van der Waals surface area contributed by atoms with Crippen molar-refractivity contribution in [2.45, 2.75) is 27.4 Å². The molecule has 0 aromatic heterocycles. The van der Waals surface area contributed by atoms with E-state index in [0.29, 0.717) is 40.4 Å². The number of carbonyl (C=O) groups is 3. The maximum Gasteiger partial charge on any atom is 0.294 e. The van der Waals surface area contributed by atoms with Gasteiger partial charge in [-0.3, -0.25) is 19.3 Å². The van der Waals surface area contributed by atoms with Crippen LogP contribution in [0.4, 0.5) is 10.5 Å². The van der Waals surface area contributed by atoms with Gasteiger partial charge in [-0.1, -0.05) is 48.0 Å². The first-order valence-electron chi connectivity index (χ1n) is 12.0. The number of benzene rings is 3. The van der Waals surface area contributed by atoms with Crippen LogP contribution in [-0.2, 0) is 16.2 Å². The quantitative estimate of drug-likeness (QED) is 0.277. The van der Waals surface area contributed by atoms with Crippen molar-refractivity contribution in [3.8, 4) is 11.5 Å². The molecule has 1 fully saturated rings. The Kier molecular flexibility index (Phi) is 8.91. The van der Waals surface area contributed by atoms with Gasteiger partial charge >= 0.3 is 0 Å². The highest BCUT2D eigenvalue weighted by Crippen LogP contribution is 2.39. The lowest BCUT2D eigenvalue weighted by molar-refractivity contribution is -0.127. The molecule has 1 heterocycles. The van der Waals surface area contributed by atoms with Crippen LogP contribution in [0.1, 0.15) is 29.2 Å². The van der Waals surface area contributed by atoms with Crippen LogP contribution in [0.2, 0.25) is 0 Å². The number of imide groups is 1. The Balaban J connectivity index is 1.49. The molecule has 1 aliphatic heterocycles. The Morgan fingerprint density at radius 2 is 1.82 bits per heavy atom. The molecular formula is C29H27BrN2O5S. The molecule has 3 aromatic rings. The van der Waals surface area contributed by atoms with Gasteiger partial charge in [0, 0.05) is 5.69 Å². The van der Waals surface area contributed by atoms with Gasteiger partial charge in [0.2, 0.25) is 5.91 Å². The Bertz CT molecular complexity index is 1410. The summed E-state index contributed by atoms with van der Waals surface area (Å²) in [6, 6.07) is 19.0. The summed E-state index contributed by atoms with van der Waals surface area (Å²) >= 11 is 4.35. The van der Waals surface area contributed by atoms with Crippen molar-refractivity contribution in [2.24, 2.45) is 0 Å². The summed E-state index contributed by atoms with van der Waals surface area (Å²) in [4.78, 5) is 39.4. The van der Waals surface area contributed by atoms with Gasteiger partial charge in [-0.15, -0.1) is 0 Å². The molecule has 0 saturated carbocycles. The van der Waals surface area contributed by atoms with Crippen molar-refractivity contribution in [2.75, 3.05) is 18.5 Å². The summed E-state index contributed by atoms with van der Waals surface area (Å²) in [7, 11) is 0. The number of hydrogen-bond donors (Lipinski definition) is 1. The predicted octanol–water partition coefficient (Wildman–Crippen LogP) is 6.72. The number of thioether (sulfide) groups is 1. The monoisotopic (exact) mass is 594 g/mol. The fraction of sp³-hybridized carbons (Fsp3) is 0.207. The summed E-state index contributed by atoms with van der Waals surface area (Å²) in [6.07, 6.45) is 1.61. The first-order valence-corrected chi connectivity index (χ1v) is 13.6. The van der Waals surface area contributed by atoms with E-state index in [9.17, 15) is 14.4 Å². The highest BCUT2D eigenvalue weighted by Gasteiger charge is 2.36. The van der Waals surface area contributed by atoms with E-state index in [0.717, 1.165) is 33.4 Å². The zero-order valence-corrected chi connectivity index (χ0v) is 23.6. The molecule has 1 aliphatic rings. The Hall–Kier alpha value is -3.56. The molecule has 0 unspecified atom stereocenters. The number of carbonyl (C=O) groups excluding carboxylic acids is 3. The molecule has 0 bridgehead atoms. The Labute approximate surface area is 234 Å². The molecule has 1 N–H and O–H groups in total. The van der Waals surface area contributed by atoms with Crippen molar-refractivity contribution in [1.29, 1.82) is 0 Å². The third-order valence-corrected chi connectivity index (χ3v) is 7.18. The number of amides is 3. The first-order chi connectivity index (χ1) is 18.2. The van der Waals surface area contributed by atoms with E-state index in [-0.39, 0.29) is 11.4 Å². The average Bonchev–Trinajstić information content (AvgIpc) is 3.13. The summed E-state index contributed by atoms with van der Waals surface area (Å²) in [6.45, 7) is 6.14. The molecule has 3 aromatic carbocycles. The van der Waals surface area contributed by atoms with Crippen molar-refractivity contribution in [3.63, 3.8) is 0 Å². The lowest BCUT2D eigenvalue weighted by Gasteiger charge is -2.15. The molecule has 0 radical (unpaired) electrons. The van der Waals surface area contributed by atoms with Crippen molar-refractivity contribution < 1.29 is 23.9 Å². The number of anilines is 1. The van der Waals surface area contributed by atoms with Gasteiger partial charge in [0.25, 0.3) is 11.1 Å². The van der Waals surface area contributed by atoms with Gasteiger partial charge in [0.05, 0.1) is 16.0 Å². The third-order valence-electron chi connectivity index (χ3n) is 5.69. The lowest BCUT2D eigenvalue weighted by atomic mass is 10.1. The lowest BCUT2D eigenvalue weighted by Crippen LogP contribution is -2.36. The summed E-state index contributed by atoms with van der Waals surface area (Å²) < 4.78 is 12.5. The second kappa shape index (κ2) is 12.3. The van der Waals surface area contributed by atoms with Crippen LogP contribution in [0.5, 0.6) is 11.5 Å². The fourth-order valence-electron chi connectivity index (χ4n) is 3.88. The number of ether oxygens (including phenoxy) is 2. The van der Waals surface area contributed by atoms with Crippen LogP contribution < -0.4 is 14.8 Å². The molecule has 0 aliphatic carbocycles. The highest BCUT2D eigenvalue weighted by atomic mass is 79.9. The smallest absolute Gasteiger partial charge is 0.294 e. The summed E-state index contributed by atoms with van der Waals surface area (Å²) in [5, 5.41) is 2.28. The number of hydrogen-bond acceptors (Lipinski definition) is 6. The van der Waals surface area contributed by atoms with E-state index < -0.39 is 17.1 Å². The van der Waals surface area contributed by atoms with Crippen LogP contribution in [0.3, 0.4) is 0 Å². The van der Waals surface area contributed by atoms with Crippen LogP contribution in [0.15, 0.2) is 70.0 Å². The zero-order chi connectivity index (χ0) is 27.2. The number of aryl methyl sites for hydroxylation is 2. The molecule has 196 valence electrons. The average molecular weight is 596 g/mol. The molecule has 9 heteroatoms.